The minimum absolute atomic E-state index is 0.0236. The number of nitro benzene ring substituents is 1. The molecule has 1 aliphatic rings. The van der Waals surface area contributed by atoms with E-state index in [0.29, 0.717) is 40.8 Å². The molecule has 6 rings (SSSR count). The molecular formula is C37H32N4O6. The van der Waals surface area contributed by atoms with Crippen LogP contribution in [0.2, 0.25) is 0 Å². The fraction of sp³-hybridized carbons (Fsp3) is 0.162. The van der Waals surface area contributed by atoms with Gasteiger partial charge in [-0.2, -0.15) is 0 Å². The molecule has 0 aliphatic heterocycles. The van der Waals surface area contributed by atoms with E-state index >= 15 is 0 Å². The van der Waals surface area contributed by atoms with Gasteiger partial charge in [-0.25, -0.2) is 0 Å². The van der Waals surface area contributed by atoms with Crippen molar-refractivity contribution in [3.05, 3.63) is 146 Å². The second-order valence-corrected chi connectivity index (χ2v) is 11.5. The standard InChI is InChI=1S/C37H32N4O6/c1-3-23-10-14-27(15-11-23)38-36(43)31-21-30-32(39-35(42)20-24-12-16-28(17-13-24)41(45)46)7-5-8-33(30)40(37(31)44)22-25-18-26-6-4-9-34(47-2)29(26)19-25/h3-17,21,25H,1,18-20,22H2,2H3,(H,38,43)(H,39,42). The van der Waals surface area contributed by atoms with Gasteiger partial charge in [0.25, 0.3) is 17.2 Å². The number of carbonyl (C=O) groups is 2. The zero-order valence-electron chi connectivity index (χ0n) is 25.7. The van der Waals surface area contributed by atoms with E-state index in [1.807, 2.05) is 24.3 Å². The Bertz CT molecular complexity index is 2080. The highest BCUT2D eigenvalue weighted by Gasteiger charge is 2.27. The lowest BCUT2D eigenvalue weighted by molar-refractivity contribution is -0.384. The molecule has 1 aliphatic carbocycles. The fourth-order valence-corrected chi connectivity index (χ4v) is 6.15. The first-order valence-electron chi connectivity index (χ1n) is 15.1. The molecule has 47 heavy (non-hydrogen) atoms. The van der Waals surface area contributed by atoms with E-state index in [2.05, 4.69) is 23.3 Å². The maximum Gasteiger partial charge on any atom is 0.269 e. The Labute approximate surface area is 270 Å². The lowest BCUT2D eigenvalue weighted by atomic mass is 10.0. The average molecular weight is 629 g/mol. The van der Waals surface area contributed by atoms with Crippen LogP contribution in [0.5, 0.6) is 5.75 Å². The SMILES string of the molecule is C=Cc1ccc(NC(=O)c2cc3c(NC(=O)Cc4ccc([N+](=O)[O-])cc4)cccc3n(CC3Cc4cccc(OC)c4C3)c2=O)cc1. The van der Waals surface area contributed by atoms with Crippen molar-refractivity contribution in [2.45, 2.75) is 25.8 Å². The van der Waals surface area contributed by atoms with Gasteiger partial charge in [-0.15, -0.1) is 0 Å². The average Bonchev–Trinajstić information content (AvgIpc) is 3.49. The number of ether oxygens (including phenoxy) is 1. The zero-order chi connectivity index (χ0) is 33.1. The number of nitrogens with zero attached hydrogens (tertiary/aromatic N) is 2. The number of nitro groups is 1. The number of non-ortho nitro benzene ring substituents is 1. The highest BCUT2D eigenvalue weighted by atomic mass is 16.6. The highest BCUT2D eigenvalue weighted by Crippen LogP contribution is 2.35. The molecule has 1 unspecified atom stereocenters. The quantitative estimate of drug-likeness (QED) is 0.136. The largest absolute Gasteiger partial charge is 0.496 e. The summed E-state index contributed by atoms with van der Waals surface area (Å²) in [5.74, 6) is -0.0284. The molecule has 0 saturated carbocycles. The van der Waals surface area contributed by atoms with Crippen LogP contribution in [0.4, 0.5) is 17.1 Å². The van der Waals surface area contributed by atoms with Crippen LogP contribution >= 0.6 is 0 Å². The summed E-state index contributed by atoms with van der Waals surface area (Å²) in [5.41, 5.74) is 4.76. The number of anilines is 2. The predicted octanol–water partition coefficient (Wildman–Crippen LogP) is 6.41. The summed E-state index contributed by atoms with van der Waals surface area (Å²) in [4.78, 5) is 51.4. The number of hydrogen-bond donors (Lipinski definition) is 2. The molecular weight excluding hydrogens is 596 g/mol. The van der Waals surface area contributed by atoms with Gasteiger partial charge < -0.3 is 19.9 Å². The molecule has 5 aromatic rings. The summed E-state index contributed by atoms with van der Waals surface area (Å²) in [6, 6.07) is 25.6. The number of amides is 2. The molecule has 10 heteroatoms. The van der Waals surface area contributed by atoms with E-state index in [-0.39, 0.29) is 29.5 Å². The molecule has 2 N–H and O–H groups in total. The van der Waals surface area contributed by atoms with Crippen LogP contribution in [0.1, 0.15) is 32.6 Å². The van der Waals surface area contributed by atoms with E-state index in [9.17, 15) is 24.5 Å². The van der Waals surface area contributed by atoms with Crippen molar-refractivity contribution in [1.29, 1.82) is 0 Å². The van der Waals surface area contributed by atoms with Crippen molar-refractivity contribution < 1.29 is 19.2 Å². The van der Waals surface area contributed by atoms with Crippen LogP contribution < -0.4 is 20.9 Å². The molecule has 10 nitrogen and oxygen atoms in total. The second-order valence-electron chi connectivity index (χ2n) is 11.5. The van der Waals surface area contributed by atoms with Gasteiger partial charge in [-0.05, 0) is 77.4 Å². The van der Waals surface area contributed by atoms with Crippen molar-refractivity contribution in [3.63, 3.8) is 0 Å². The smallest absolute Gasteiger partial charge is 0.269 e. The Morgan fingerprint density at radius 3 is 2.45 bits per heavy atom. The topological polar surface area (TPSA) is 133 Å². The molecule has 2 amide bonds. The third kappa shape index (κ3) is 6.53. The summed E-state index contributed by atoms with van der Waals surface area (Å²) in [6.07, 6.45) is 3.13. The van der Waals surface area contributed by atoms with Crippen LogP contribution in [0.15, 0.2) is 102 Å². The highest BCUT2D eigenvalue weighted by molar-refractivity contribution is 6.08. The zero-order valence-corrected chi connectivity index (χ0v) is 25.7. The minimum atomic E-state index is -0.569. The Kier molecular flexibility index (Phi) is 8.66. The Morgan fingerprint density at radius 1 is 1.00 bits per heavy atom. The number of carbonyl (C=O) groups excluding carboxylic acids is 2. The molecule has 1 heterocycles. The summed E-state index contributed by atoms with van der Waals surface area (Å²) in [6.45, 7) is 4.10. The fourth-order valence-electron chi connectivity index (χ4n) is 6.15. The number of methoxy groups -OCH3 is 1. The molecule has 0 bridgehead atoms. The maximum atomic E-state index is 14.1. The minimum Gasteiger partial charge on any atom is -0.496 e. The molecule has 0 spiro atoms. The number of rotatable bonds is 10. The lowest BCUT2D eigenvalue weighted by Crippen LogP contribution is -2.31. The maximum absolute atomic E-state index is 14.1. The number of aromatic nitrogens is 1. The molecule has 1 atom stereocenters. The van der Waals surface area contributed by atoms with Crippen molar-refractivity contribution in [1.82, 2.24) is 4.57 Å². The normalized spacial score (nSPS) is 13.5. The molecule has 236 valence electrons. The monoisotopic (exact) mass is 628 g/mol. The van der Waals surface area contributed by atoms with Gasteiger partial charge in [-0.3, -0.25) is 24.5 Å². The number of fused-ring (bicyclic) bond motifs is 2. The van der Waals surface area contributed by atoms with E-state index in [1.165, 1.54) is 35.9 Å². The first-order chi connectivity index (χ1) is 22.7. The number of pyridine rings is 1. The van der Waals surface area contributed by atoms with Crippen LogP contribution in [-0.4, -0.2) is 28.4 Å². The molecule has 0 saturated heterocycles. The number of hydrogen-bond acceptors (Lipinski definition) is 6. The summed E-state index contributed by atoms with van der Waals surface area (Å²) >= 11 is 0. The van der Waals surface area contributed by atoms with Gasteiger partial charge in [0.2, 0.25) is 5.91 Å². The van der Waals surface area contributed by atoms with Crippen LogP contribution in [0.3, 0.4) is 0 Å². The summed E-state index contributed by atoms with van der Waals surface area (Å²) in [7, 11) is 1.64. The molecule has 4 aromatic carbocycles. The van der Waals surface area contributed by atoms with Crippen LogP contribution in [0, 0.1) is 16.0 Å². The summed E-state index contributed by atoms with van der Waals surface area (Å²) in [5, 5.41) is 17.3. The van der Waals surface area contributed by atoms with Gasteiger partial charge in [0.05, 0.1) is 29.7 Å². The molecule has 0 radical (unpaired) electrons. The van der Waals surface area contributed by atoms with Crippen LogP contribution in [0.25, 0.3) is 17.0 Å². The van der Waals surface area contributed by atoms with Crippen molar-refractivity contribution in [2.24, 2.45) is 5.92 Å². The predicted molar refractivity (Wildman–Crippen MR) is 182 cm³/mol. The molecule has 1 aromatic heterocycles. The Hall–Kier alpha value is -6.03. The van der Waals surface area contributed by atoms with Gasteiger partial charge in [0.15, 0.2) is 0 Å². The van der Waals surface area contributed by atoms with Crippen molar-refractivity contribution in [2.75, 3.05) is 17.7 Å². The first kappa shape index (κ1) is 31.0. The van der Waals surface area contributed by atoms with E-state index in [1.54, 1.807) is 48.1 Å². The second kappa shape index (κ2) is 13.1. The van der Waals surface area contributed by atoms with Crippen molar-refractivity contribution in [3.8, 4) is 5.75 Å². The third-order valence-electron chi connectivity index (χ3n) is 8.47. The number of nitrogens with one attached hydrogen (secondary N) is 2. The van der Waals surface area contributed by atoms with E-state index in [0.717, 1.165) is 23.3 Å². The van der Waals surface area contributed by atoms with Gasteiger partial charge in [-0.1, -0.05) is 55.1 Å². The summed E-state index contributed by atoms with van der Waals surface area (Å²) < 4.78 is 7.21. The lowest BCUT2D eigenvalue weighted by Gasteiger charge is -2.18. The third-order valence-corrected chi connectivity index (χ3v) is 8.47. The number of benzene rings is 4. The van der Waals surface area contributed by atoms with E-state index in [4.69, 9.17) is 4.74 Å². The first-order valence-corrected chi connectivity index (χ1v) is 15.1. The Balaban J connectivity index is 1.36. The van der Waals surface area contributed by atoms with Gasteiger partial charge in [0.1, 0.15) is 11.3 Å². The van der Waals surface area contributed by atoms with Gasteiger partial charge in [0, 0.05) is 29.8 Å². The van der Waals surface area contributed by atoms with Crippen molar-refractivity contribution >= 4 is 45.9 Å². The van der Waals surface area contributed by atoms with Gasteiger partial charge >= 0.3 is 0 Å². The van der Waals surface area contributed by atoms with E-state index < -0.39 is 16.4 Å². The Morgan fingerprint density at radius 2 is 1.74 bits per heavy atom. The molecule has 0 fully saturated rings. The van der Waals surface area contributed by atoms with Crippen LogP contribution in [-0.2, 0) is 30.6 Å².